The topological polar surface area (TPSA) is 3.24 Å². The Bertz CT molecular complexity index is 241. The first-order chi connectivity index (χ1) is 7.53. The summed E-state index contributed by atoms with van der Waals surface area (Å²) in [4.78, 5) is 2.66. The highest BCUT2D eigenvalue weighted by Gasteiger charge is 2.42. The maximum Gasteiger partial charge on any atom is 0.00387 e. The van der Waals surface area contributed by atoms with Crippen molar-refractivity contribution < 1.29 is 0 Å². The molecule has 102 valence electrons. The second-order valence-corrected chi connectivity index (χ2v) is 8.32. The van der Waals surface area contributed by atoms with Gasteiger partial charge in [-0.3, -0.25) is 0 Å². The van der Waals surface area contributed by atoms with E-state index in [4.69, 9.17) is 0 Å². The van der Waals surface area contributed by atoms with E-state index in [-0.39, 0.29) is 0 Å². The first-order valence-corrected chi connectivity index (χ1v) is 7.27. The second-order valence-electron chi connectivity index (χ2n) is 8.32. The van der Waals surface area contributed by atoms with Crippen LogP contribution in [0.3, 0.4) is 0 Å². The van der Waals surface area contributed by atoms with Crippen molar-refractivity contribution in [1.29, 1.82) is 0 Å². The van der Waals surface area contributed by atoms with Crippen molar-refractivity contribution >= 4 is 0 Å². The molecule has 0 radical (unpaired) electrons. The molecule has 0 spiro atoms. The molecule has 1 saturated heterocycles. The summed E-state index contributed by atoms with van der Waals surface area (Å²) in [6, 6.07) is 0.695. The van der Waals surface area contributed by atoms with Gasteiger partial charge >= 0.3 is 0 Å². The number of likely N-dealkylation sites (tertiary alicyclic amines) is 1. The molecule has 2 unspecified atom stereocenters. The fourth-order valence-corrected chi connectivity index (χ4v) is 3.36. The molecule has 1 fully saturated rings. The lowest BCUT2D eigenvalue weighted by atomic mass is 9.61. The smallest absolute Gasteiger partial charge is 0.00387 e. The molecule has 0 aromatic rings. The molecule has 0 aromatic heterocycles. The third kappa shape index (κ3) is 3.71. The van der Waals surface area contributed by atoms with Gasteiger partial charge in [-0.2, -0.15) is 0 Å². The van der Waals surface area contributed by atoms with Crippen LogP contribution >= 0.6 is 0 Å². The van der Waals surface area contributed by atoms with Crippen molar-refractivity contribution in [2.45, 2.75) is 67.9 Å². The van der Waals surface area contributed by atoms with Gasteiger partial charge in [0.1, 0.15) is 0 Å². The minimum atomic E-state index is 0.422. The first-order valence-electron chi connectivity index (χ1n) is 7.27. The van der Waals surface area contributed by atoms with Crippen molar-refractivity contribution in [2.75, 3.05) is 13.1 Å². The van der Waals surface area contributed by atoms with Gasteiger partial charge in [-0.1, -0.05) is 41.5 Å². The van der Waals surface area contributed by atoms with Crippen molar-refractivity contribution in [1.82, 2.24) is 4.90 Å². The number of hydrogen-bond acceptors (Lipinski definition) is 1. The van der Waals surface area contributed by atoms with Gasteiger partial charge in [-0.05, 0) is 49.5 Å². The highest BCUT2D eigenvalue weighted by molar-refractivity contribution is 4.93. The summed E-state index contributed by atoms with van der Waals surface area (Å²) in [5.41, 5.74) is 0.868. The molecule has 0 bridgehead atoms. The van der Waals surface area contributed by atoms with Crippen molar-refractivity contribution in [3.63, 3.8) is 0 Å². The zero-order chi connectivity index (χ0) is 13.4. The molecular weight excluding hydrogens is 206 g/mol. The summed E-state index contributed by atoms with van der Waals surface area (Å²) in [7, 11) is 0. The van der Waals surface area contributed by atoms with Crippen molar-refractivity contribution in [2.24, 2.45) is 22.7 Å². The van der Waals surface area contributed by atoms with Crippen LogP contribution in [-0.4, -0.2) is 24.0 Å². The average Bonchev–Trinajstić information content (AvgIpc) is 2.14. The van der Waals surface area contributed by atoms with Crippen LogP contribution in [0.15, 0.2) is 0 Å². The maximum absolute atomic E-state index is 2.66. The fourth-order valence-electron chi connectivity index (χ4n) is 3.36. The van der Waals surface area contributed by atoms with Crippen LogP contribution in [-0.2, 0) is 0 Å². The summed E-state index contributed by atoms with van der Waals surface area (Å²) in [5.74, 6) is 1.68. The SMILES string of the molecule is CC(C)N1CCC(C(C)(C)C)C(C(C)(C)C)C1. The van der Waals surface area contributed by atoms with Crippen molar-refractivity contribution in [3.8, 4) is 0 Å². The van der Waals surface area contributed by atoms with E-state index >= 15 is 0 Å². The quantitative estimate of drug-likeness (QED) is 0.654. The van der Waals surface area contributed by atoms with Gasteiger partial charge in [-0.25, -0.2) is 0 Å². The molecule has 1 heteroatoms. The van der Waals surface area contributed by atoms with Gasteiger partial charge < -0.3 is 4.90 Å². The van der Waals surface area contributed by atoms with Crippen LogP contribution < -0.4 is 0 Å². The van der Waals surface area contributed by atoms with Crippen LogP contribution in [0.4, 0.5) is 0 Å². The van der Waals surface area contributed by atoms with Gasteiger partial charge in [0, 0.05) is 12.6 Å². The highest BCUT2D eigenvalue weighted by Crippen LogP contribution is 2.45. The Morgan fingerprint density at radius 1 is 0.882 bits per heavy atom. The van der Waals surface area contributed by atoms with E-state index in [0.717, 1.165) is 11.8 Å². The molecule has 0 N–H and O–H groups in total. The number of nitrogens with zero attached hydrogens (tertiary/aromatic N) is 1. The van der Waals surface area contributed by atoms with Crippen LogP contribution in [0.25, 0.3) is 0 Å². The molecule has 1 aliphatic heterocycles. The van der Waals surface area contributed by atoms with E-state index in [1.54, 1.807) is 0 Å². The Balaban J connectivity index is 2.88. The Hall–Kier alpha value is -0.0400. The molecule has 0 aromatic carbocycles. The molecule has 1 nitrogen and oxygen atoms in total. The Kier molecular flexibility index (Phi) is 4.34. The van der Waals surface area contributed by atoms with Gasteiger partial charge in [0.2, 0.25) is 0 Å². The van der Waals surface area contributed by atoms with Crippen LogP contribution in [0.5, 0.6) is 0 Å². The van der Waals surface area contributed by atoms with E-state index < -0.39 is 0 Å². The van der Waals surface area contributed by atoms with E-state index in [2.05, 4.69) is 60.3 Å². The Morgan fingerprint density at radius 2 is 1.35 bits per heavy atom. The number of piperidine rings is 1. The van der Waals surface area contributed by atoms with E-state index in [9.17, 15) is 0 Å². The summed E-state index contributed by atoms with van der Waals surface area (Å²) >= 11 is 0. The van der Waals surface area contributed by atoms with Gasteiger partial charge in [-0.15, -0.1) is 0 Å². The van der Waals surface area contributed by atoms with Gasteiger partial charge in [0.25, 0.3) is 0 Å². The van der Waals surface area contributed by atoms with Crippen molar-refractivity contribution in [3.05, 3.63) is 0 Å². The maximum atomic E-state index is 2.66. The zero-order valence-electron chi connectivity index (χ0n) is 13.3. The average molecular weight is 239 g/mol. The molecule has 0 saturated carbocycles. The summed E-state index contributed by atoms with van der Waals surface area (Å²) in [6.07, 6.45) is 1.36. The number of rotatable bonds is 1. The highest BCUT2D eigenvalue weighted by atomic mass is 15.2. The molecule has 17 heavy (non-hydrogen) atoms. The Morgan fingerprint density at radius 3 is 1.71 bits per heavy atom. The Labute approximate surface area is 109 Å². The normalized spacial score (nSPS) is 28.8. The van der Waals surface area contributed by atoms with Crippen LogP contribution in [0.1, 0.15) is 61.8 Å². The fraction of sp³-hybridized carbons (Fsp3) is 1.00. The lowest BCUT2D eigenvalue weighted by Crippen LogP contribution is -2.51. The molecular formula is C16H33N. The van der Waals surface area contributed by atoms with Crippen LogP contribution in [0, 0.1) is 22.7 Å². The molecule has 0 amide bonds. The minimum absolute atomic E-state index is 0.422. The predicted molar refractivity (Wildman–Crippen MR) is 77.2 cm³/mol. The van der Waals surface area contributed by atoms with E-state index in [0.29, 0.717) is 16.9 Å². The van der Waals surface area contributed by atoms with Gasteiger partial charge in [0.05, 0.1) is 0 Å². The van der Waals surface area contributed by atoms with E-state index in [1.165, 1.54) is 19.5 Å². The van der Waals surface area contributed by atoms with E-state index in [1.807, 2.05) is 0 Å². The van der Waals surface area contributed by atoms with Gasteiger partial charge in [0.15, 0.2) is 0 Å². The standard InChI is InChI=1S/C16H33N/c1-12(2)17-10-9-13(15(3,4)5)14(11-17)16(6,7)8/h12-14H,9-11H2,1-8H3. The molecule has 1 aliphatic rings. The third-order valence-electron chi connectivity index (χ3n) is 4.60. The predicted octanol–water partition coefficient (Wildman–Crippen LogP) is 4.43. The largest absolute Gasteiger partial charge is 0.301 e. The summed E-state index contributed by atoms with van der Waals surface area (Å²) in [6.45, 7) is 21.7. The lowest BCUT2D eigenvalue weighted by Gasteiger charge is -2.50. The lowest BCUT2D eigenvalue weighted by molar-refractivity contribution is -0.0172. The molecule has 1 rings (SSSR count). The minimum Gasteiger partial charge on any atom is -0.301 e. The summed E-state index contributed by atoms with van der Waals surface area (Å²) < 4.78 is 0. The number of hydrogen-bond donors (Lipinski definition) is 0. The molecule has 1 heterocycles. The zero-order valence-corrected chi connectivity index (χ0v) is 13.3. The monoisotopic (exact) mass is 239 g/mol. The molecule has 0 aliphatic carbocycles. The first kappa shape index (κ1) is 15.0. The third-order valence-corrected chi connectivity index (χ3v) is 4.60. The summed E-state index contributed by atoms with van der Waals surface area (Å²) in [5, 5.41) is 0. The second kappa shape index (κ2) is 4.91. The molecule has 2 atom stereocenters. The van der Waals surface area contributed by atoms with Crippen LogP contribution in [0.2, 0.25) is 0 Å².